The van der Waals surface area contributed by atoms with Crippen molar-refractivity contribution in [3.8, 4) is 11.4 Å². The van der Waals surface area contributed by atoms with Crippen LogP contribution in [0.2, 0.25) is 5.02 Å². The first kappa shape index (κ1) is 27.1. The average Bonchev–Trinajstić information content (AvgIpc) is 3.23. The lowest BCUT2D eigenvalue weighted by atomic mass is 10.1. The lowest BCUT2D eigenvalue weighted by molar-refractivity contribution is -0.137. The quantitative estimate of drug-likeness (QED) is 0.195. The third-order valence-electron chi connectivity index (χ3n) is 5.36. The van der Waals surface area contributed by atoms with Crippen molar-refractivity contribution >= 4 is 35.0 Å². The number of thioether (sulfide) groups is 1. The predicted molar refractivity (Wildman–Crippen MR) is 135 cm³/mol. The number of halogens is 4. The standard InChI is InChI=1S/C25H28ClF3N4OS/c1-2-3-4-5-6-7-15-33-23(18-11-13-20(26)14-12-18)31-32-24(33)35-17-22(34)30-21-10-8-9-19(16-21)25(27,28)29/h8-14,16H,2-7,15,17H2,1H3,(H,30,34). The summed E-state index contributed by atoms with van der Waals surface area (Å²) in [7, 11) is 0. The summed E-state index contributed by atoms with van der Waals surface area (Å²) >= 11 is 7.22. The average molecular weight is 525 g/mol. The van der Waals surface area contributed by atoms with Gasteiger partial charge < -0.3 is 9.88 Å². The van der Waals surface area contributed by atoms with Crippen LogP contribution in [0.4, 0.5) is 18.9 Å². The highest BCUT2D eigenvalue weighted by Gasteiger charge is 2.30. The van der Waals surface area contributed by atoms with Gasteiger partial charge in [-0.2, -0.15) is 13.2 Å². The van der Waals surface area contributed by atoms with Crippen LogP contribution < -0.4 is 5.32 Å². The smallest absolute Gasteiger partial charge is 0.325 e. The minimum Gasteiger partial charge on any atom is -0.325 e. The van der Waals surface area contributed by atoms with Crippen LogP contribution in [0.1, 0.15) is 51.0 Å². The maximum Gasteiger partial charge on any atom is 0.416 e. The fraction of sp³-hybridized carbons (Fsp3) is 0.400. The lowest BCUT2D eigenvalue weighted by Gasteiger charge is -2.11. The number of carbonyl (C=O) groups excluding carboxylic acids is 1. The Morgan fingerprint density at radius 2 is 1.74 bits per heavy atom. The molecular weight excluding hydrogens is 497 g/mol. The molecule has 5 nitrogen and oxygen atoms in total. The van der Waals surface area contributed by atoms with Gasteiger partial charge in [-0.25, -0.2) is 0 Å². The van der Waals surface area contributed by atoms with Crippen LogP contribution >= 0.6 is 23.4 Å². The van der Waals surface area contributed by atoms with E-state index in [1.54, 1.807) is 12.1 Å². The molecule has 35 heavy (non-hydrogen) atoms. The third kappa shape index (κ3) is 8.28. The van der Waals surface area contributed by atoms with E-state index >= 15 is 0 Å². The highest BCUT2D eigenvalue weighted by Crippen LogP contribution is 2.31. The number of alkyl halides is 3. The molecule has 0 spiro atoms. The molecule has 0 bridgehead atoms. The van der Waals surface area contributed by atoms with Gasteiger partial charge in [0.1, 0.15) is 0 Å². The van der Waals surface area contributed by atoms with E-state index in [0.717, 1.165) is 37.0 Å². The van der Waals surface area contributed by atoms with Crippen LogP contribution in [-0.4, -0.2) is 26.4 Å². The highest BCUT2D eigenvalue weighted by molar-refractivity contribution is 7.99. The third-order valence-corrected chi connectivity index (χ3v) is 6.58. The monoisotopic (exact) mass is 524 g/mol. The second-order valence-electron chi connectivity index (χ2n) is 8.15. The Labute approximate surface area is 212 Å². The van der Waals surface area contributed by atoms with Crippen molar-refractivity contribution in [3.63, 3.8) is 0 Å². The summed E-state index contributed by atoms with van der Waals surface area (Å²) in [6, 6.07) is 11.9. The number of carbonyl (C=O) groups is 1. The molecule has 1 aromatic heterocycles. The Kier molecular flexibility index (Phi) is 10.0. The van der Waals surface area contributed by atoms with Crippen LogP contribution in [0.25, 0.3) is 11.4 Å². The zero-order chi connectivity index (χ0) is 25.3. The molecule has 10 heteroatoms. The van der Waals surface area contributed by atoms with Gasteiger partial charge in [0.05, 0.1) is 11.3 Å². The molecule has 0 atom stereocenters. The van der Waals surface area contributed by atoms with Crippen molar-refractivity contribution in [3.05, 3.63) is 59.1 Å². The molecule has 0 radical (unpaired) electrons. The van der Waals surface area contributed by atoms with Crippen LogP contribution in [0, 0.1) is 0 Å². The number of nitrogens with zero attached hydrogens (tertiary/aromatic N) is 3. The molecule has 0 fully saturated rings. The van der Waals surface area contributed by atoms with Gasteiger partial charge in [0.25, 0.3) is 0 Å². The zero-order valence-electron chi connectivity index (χ0n) is 19.4. The largest absolute Gasteiger partial charge is 0.416 e. The second kappa shape index (κ2) is 13.0. The van der Waals surface area contributed by atoms with Gasteiger partial charge in [-0.1, -0.05) is 68.5 Å². The summed E-state index contributed by atoms with van der Waals surface area (Å²) in [4.78, 5) is 12.4. The van der Waals surface area contributed by atoms with Crippen molar-refractivity contribution in [2.45, 2.75) is 63.3 Å². The number of amides is 1. The molecule has 0 aliphatic rings. The van der Waals surface area contributed by atoms with Gasteiger partial charge in [-0.3, -0.25) is 4.79 Å². The molecule has 0 unspecified atom stereocenters. The summed E-state index contributed by atoms with van der Waals surface area (Å²) < 4.78 is 40.8. The summed E-state index contributed by atoms with van der Waals surface area (Å²) in [6.07, 6.45) is 2.35. The Morgan fingerprint density at radius 1 is 1.03 bits per heavy atom. The summed E-state index contributed by atoms with van der Waals surface area (Å²) in [5.41, 5.74) is 0.156. The minimum absolute atomic E-state index is 0.00844. The highest BCUT2D eigenvalue weighted by atomic mass is 35.5. The fourth-order valence-electron chi connectivity index (χ4n) is 3.56. The molecule has 0 saturated carbocycles. The van der Waals surface area contributed by atoms with Gasteiger partial charge in [-0.15, -0.1) is 10.2 Å². The number of aromatic nitrogens is 3. The number of nitrogens with one attached hydrogen (secondary N) is 1. The van der Waals surface area contributed by atoms with Gasteiger partial charge >= 0.3 is 6.18 Å². The number of unbranched alkanes of at least 4 members (excludes halogenated alkanes) is 5. The van der Waals surface area contributed by atoms with E-state index in [4.69, 9.17) is 11.6 Å². The second-order valence-corrected chi connectivity index (χ2v) is 9.53. The molecule has 1 heterocycles. The minimum atomic E-state index is -4.47. The van der Waals surface area contributed by atoms with Crippen molar-refractivity contribution in [2.75, 3.05) is 11.1 Å². The molecule has 2 aromatic carbocycles. The van der Waals surface area contributed by atoms with E-state index in [0.29, 0.717) is 22.5 Å². The van der Waals surface area contributed by atoms with E-state index in [1.807, 2.05) is 16.7 Å². The Balaban J connectivity index is 1.67. The molecule has 3 aromatic rings. The van der Waals surface area contributed by atoms with Crippen molar-refractivity contribution < 1.29 is 18.0 Å². The van der Waals surface area contributed by atoms with Gasteiger partial charge in [0, 0.05) is 22.8 Å². The van der Waals surface area contributed by atoms with Crippen molar-refractivity contribution in [1.82, 2.24) is 14.8 Å². The van der Waals surface area contributed by atoms with Crippen LogP contribution in [-0.2, 0) is 17.5 Å². The Morgan fingerprint density at radius 3 is 2.46 bits per heavy atom. The van der Waals surface area contributed by atoms with E-state index in [9.17, 15) is 18.0 Å². The van der Waals surface area contributed by atoms with E-state index in [1.165, 1.54) is 43.2 Å². The van der Waals surface area contributed by atoms with Gasteiger partial charge in [0.2, 0.25) is 5.91 Å². The molecule has 0 aliphatic heterocycles. The molecule has 1 amide bonds. The lowest BCUT2D eigenvalue weighted by Crippen LogP contribution is -2.15. The number of anilines is 1. The van der Waals surface area contributed by atoms with E-state index in [-0.39, 0.29) is 11.4 Å². The summed E-state index contributed by atoms with van der Waals surface area (Å²) in [6.45, 7) is 2.89. The first-order chi connectivity index (χ1) is 16.8. The summed E-state index contributed by atoms with van der Waals surface area (Å²) in [5, 5.41) is 12.4. The summed E-state index contributed by atoms with van der Waals surface area (Å²) in [5.74, 6) is 0.262. The molecule has 3 rings (SSSR count). The van der Waals surface area contributed by atoms with E-state index < -0.39 is 17.6 Å². The number of hydrogen-bond donors (Lipinski definition) is 1. The first-order valence-electron chi connectivity index (χ1n) is 11.6. The fourth-order valence-corrected chi connectivity index (χ4v) is 4.45. The topological polar surface area (TPSA) is 59.8 Å². The normalized spacial score (nSPS) is 11.6. The predicted octanol–water partition coefficient (Wildman–Crippen LogP) is 7.71. The molecule has 0 aliphatic carbocycles. The maximum absolute atomic E-state index is 12.9. The Bertz CT molecular complexity index is 1100. The first-order valence-corrected chi connectivity index (χ1v) is 12.9. The van der Waals surface area contributed by atoms with Crippen LogP contribution in [0.5, 0.6) is 0 Å². The van der Waals surface area contributed by atoms with Crippen LogP contribution in [0.3, 0.4) is 0 Å². The van der Waals surface area contributed by atoms with Crippen molar-refractivity contribution in [2.24, 2.45) is 0 Å². The molecule has 1 N–H and O–H groups in total. The van der Waals surface area contributed by atoms with Crippen LogP contribution in [0.15, 0.2) is 53.7 Å². The number of hydrogen-bond acceptors (Lipinski definition) is 4. The molecular formula is C25H28ClF3N4OS. The number of rotatable bonds is 12. The SMILES string of the molecule is CCCCCCCCn1c(SCC(=O)Nc2cccc(C(F)(F)F)c2)nnc1-c1ccc(Cl)cc1. The Hall–Kier alpha value is -2.52. The van der Waals surface area contributed by atoms with Gasteiger partial charge in [-0.05, 0) is 48.9 Å². The zero-order valence-corrected chi connectivity index (χ0v) is 21.0. The number of benzene rings is 2. The molecule has 0 saturated heterocycles. The van der Waals surface area contributed by atoms with Gasteiger partial charge in [0.15, 0.2) is 11.0 Å². The van der Waals surface area contributed by atoms with Crippen molar-refractivity contribution in [1.29, 1.82) is 0 Å². The maximum atomic E-state index is 12.9. The van der Waals surface area contributed by atoms with E-state index in [2.05, 4.69) is 22.4 Å². The molecule has 188 valence electrons.